The van der Waals surface area contributed by atoms with Gasteiger partial charge in [0.25, 0.3) is 5.91 Å². The predicted molar refractivity (Wildman–Crippen MR) is 80.0 cm³/mol. The van der Waals surface area contributed by atoms with E-state index in [0.717, 1.165) is 6.42 Å². The summed E-state index contributed by atoms with van der Waals surface area (Å²) in [7, 11) is 0. The molecule has 4 nitrogen and oxygen atoms in total. The number of hydrogen-bond acceptors (Lipinski definition) is 3. The largest absolute Gasteiger partial charge is 0.481 e. The Kier molecular flexibility index (Phi) is 7.41. The summed E-state index contributed by atoms with van der Waals surface area (Å²) >= 11 is 5.79. The summed E-state index contributed by atoms with van der Waals surface area (Å²) in [4.78, 5) is 11.9. The Morgan fingerprint density at radius 1 is 1.40 bits per heavy atom. The predicted octanol–water partition coefficient (Wildman–Crippen LogP) is 2.63. The monoisotopic (exact) mass is 299 g/mol. The molecule has 1 aromatic carbocycles. The van der Waals surface area contributed by atoms with Gasteiger partial charge in [-0.1, -0.05) is 24.9 Å². The van der Waals surface area contributed by atoms with E-state index in [9.17, 15) is 4.79 Å². The number of benzene rings is 1. The van der Waals surface area contributed by atoms with Crippen molar-refractivity contribution in [3.63, 3.8) is 0 Å². The smallest absolute Gasteiger partial charge is 0.260 e. The van der Waals surface area contributed by atoms with E-state index in [1.54, 1.807) is 31.2 Å². The fourth-order valence-corrected chi connectivity index (χ4v) is 1.92. The van der Waals surface area contributed by atoms with Gasteiger partial charge in [-0.05, 0) is 43.5 Å². The summed E-state index contributed by atoms with van der Waals surface area (Å²) in [5.74, 6) is 0.752. The molecule has 0 aromatic heterocycles. The Morgan fingerprint density at radius 2 is 2.05 bits per heavy atom. The van der Waals surface area contributed by atoms with Crippen molar-refractivity contribution >= 4 is 17.5 Å². The third-order valence-electron chi connectivity index (χ3n) is 3.18. The molecule has 0 fully saturated rings. The molecule has 0 radical (unpaired) electrons. The molecule has 112 valence electrons. The van der Waals surface area contributed by atoms with E-state index in [1.807, 2.05) is 6.92 Å². The zero-order valence-corrected chi connectivity index (χ0v) is 12.7. The first kappa shape index (κ1) is 16.8. The lowest BCUT2D eigenvalue weighted by Crippen LogP contribution is -2.39. The molecule has 2 atom stereocenters. The average Bonchev–Trinajstić information content (AvgIpc) is 2.45. The number of rotatable bonds is 8. The molecule has 2 unspecified atom stereocenters. The molecule has 0 aliphatic heterocycles. The topological polar surface area (TPSA) is 58.6 Å². The molecule has 0 heterocycles. The summed E-state index contributed by atoms with van der Waals surface area (Å²) < 4.78 is 5.54. The molecule has 0 aliphatic rings. The molecule has 0 saturated heterocycles. The molecule has 20 heavy (non-hydrogen) atoms. The second-order valence-corrected chi connectivity index (χ2v) is 5.18. The van der Waals surface area contributed by atoms with Gasteiger partial charge in [0.15, 0.2) is 6.10 Å². The molecule has 0 saturated carbocycles. The van der Waals surface area contributed by atoms with Crippen LogP contribution in [0.15, 0.2) is 24.3 Å². The van der Waals surface area contributed by atoms with Crippen molar-refractivity contribution in [2.75, 3.05) is 13.2 Å². The van der Waals surface area contributed by atoms with Crippen LogP contribution >= 0.6 is 11.6 Å². The second-order valence-electron chi connectivity index (χ2n) is 4.75. The van der Waals surface area contributed by atoms with Gasteiger partial charge in [0, 0.05) is 18.2 Å². The van der Waals surface area contributed by atoms with Crippen LogP contribution in [0.5, 0.6) is 5.75 Å². The van der Waals surface area contributed by atoms with Gasteiger partial charge < -0.3 is 15.2 Å². The van der Waals surface area contributed by atoms with E-state index in [1.165, 1.54) is 0 Å². The summed E-state index contributed by atoms with van der Waals surface area (Å²) in [6.07, 6.45) is 1.05. The molecule has 1 amide bonds. The van der Waals surface area contributed by atoms with Crippen LogP contribution in [0, 0.1) is 5.92 Å². The zero-order valence-electron chi connectivity index (χ0n) is 11.9. The highest BCUT2D eigenvalue weighted by Gasteiger charge is 2.16. The molecule has 0 bridgehead atoms. The maximum absolute atomic E-state index is 11.9. The number of nitrogens with one attached hydrogen (secondary N) is 1. The van der Waals surface area contributed by atoms with Crippen LogP contribution in [-0.4, -0.2) is 30.3 Å². The molecule has 1 rings (SSSR count). The fourth-order valence-electron chi connectivity index (χ4n) is 1.79. The third kappa shape index (κ3) is 5.80. The average molecular weight is 300 g/mol. The summed E-state index contributed by atoms with van der Waals surface area (Å²) in [6, 6.07) is 6.89. The number of aliphatic hydroxyl groups excluding tert-OH is 1. The molecular formula is C15H22ClNO3. The Bertz CT molecular complexity index is 408. The van der Waals surface area contributed by atoms with Gasteiger partial charge in [0.05, 0.1) is 0 Å². The van der Waals surface area contributed by atoms with Crippen LogP contribution in [-0.2, 0) is 4.79 Å². The summed E-state index contributed by atoms with van der Waals surface area (Å²) in [6.45, 7) is 4.45. The number of amides is 1. The first-order chi connectivity index (χ1) is 9.56. The van der Waals surface area contributed by atoms with Gasteiger partial charge in [-0.15, -0.1) is 0 Å². The summed E-state index contributed by atoms with van der Waals surface area (Å²) in [5, 5.41) is 12.4. The number of aliphatic hydroxyl groups is 1. The number of halogens is 1. The van der Waals surface area contributed by atoms with E-state index >= 15 is 0 Å². The van der Waals surface area contributed by atoms with E-state index in [4.69, 9.17) is 21.4 Å². The van der Waals surface area contributed by atoms with Gasteiger partial charge in [0.2, 0.25) is 0 Å². The quantitative estimate of drug-likeness (QED) is 0.776. The zero-order chi connectivity index (χ0) is 15.0. The van der Waals surface area contributed by atoms with Crippen LogP contribution in [0.3, 0.4) is 0 Å². The van der Waals surface area contributed by atoms with Gasteiger partial charge in [-0.3, -0.25) is 4.79 Å². The molecule has 2 N–H and O–H groups in total. The Labute approximate surface area is 125 Å². The normalized spacial score (nSPS) is 13.6. The van der Waals surface area contributed by atoms with Crippen molar-refractivity contribution in [1.29, 1.82) is 0 Å². The highest BCUT2D eigenvalue weighted by molar-refractivity contribution is 6.30. The molecule has 0 aliphatic carbocycles. The standard InChI is InChI=1S/C15H22ClNO3/c1-3-12(8-9-18)10-17-15(19)11(2)20-14-6-4-13(16)5-7-14/h4-7,11-12,18H,3,8-10H2,1-2H3,(H,17,19). The Hall–Kier alpha value is -1.26. The lowest BCUT2D eigenvalue weighted by molar-refractivity contribution is -0.127. The SMILES string of the molecule is CCC(CCO)CNC(=O)C(C)Oc1ccc(Cl)cc1. The van der Waals surface area contributed by atoms with Crippen LogP contribution in [0.2, 0.25) is 5.02 Å². The first-order valence-corrected chi connectivity index (χ1v) is 7.25. The van der Waals surface area contributed by atoms with Crippen LogP contribution < -0.4 is 10.1 Å². The summed E-state index contributed by atoms with van der Waals surface area (Å²) in [5.41, 5.74) is 0. The van der Waals surface area contributed by atoms with Crippen molar-refractivity contribution in [2.24, 2.45) is 5.92 Å². The number of ether oxygens (including phenoxy) is 1. The first-order valence-electron chi connectivity index (χ1n) is 6.87. The van der Waals surface area contributed by atoms with Crippen molar-refractivity contribution in [1.82, 2.24) is 5.32 Å². The van der Waals surface area contributed by atoms with Crippen molar-refractivity contribution in [2.45, 2.75) is 32.8 Å². The van der Waals surface area contributed by atoms with E-state index < -0.39 is 6.10 Å². The van der Waals surface area contributed by atoms with Crippen LogP contribution in [0.1, 0.15) is 26.7 Å². The molecule has 1 aromatic rings. The van der Waals surface area contributed by atoms with Crippen molar-refractivity contribution in [3.8, 4) is 5.75 Å². The van der Waals surface area contributed by atoms with E-state index in [0.29, 0.717) is 29.7 Å². The van der Waals surface area contributed by atoms with E-state index in [-0.39, 0.29) is 12.5 Å². The van der Waals surface area contributed by atoms with Crippen molar-refractivity contribution < 1.29 is 14.6 Å². The number of carbonyl (C=O) groups is 1. The highest BCUT2D eigenvalue weighted by Crippen LogP contribution is 2.16. The fraction of sp³-hybridized carbons (Fsp3) is 0.533. The molecule has 0 spiro atoms. The minimum absolute atomic E-state index is 0.144. The van der Waals surface area contributed by atoms with Crippen molar-refractivity contribution in [3.05, 3.63) is 29.3 Å². The lowest BCUT2D eigenvalue weighted by atomic mass is 10.0. The van der Waals surface area contributed by atoms with E-state index in [2.05, 4.69) is 5.32 Å². The minimum atomic E-state index is -0.567. The van der Waals surface area contributed by atoms with Gasteiger partial charge in [-0.25, -0.2) is 0 Å². The van der Waals surface area contributed by atoms with Crippen LogP contribution in [0.25, 0.3) is 0 Å². The van der Waals surface area contributed by atoms with Gasteiger partial charge in [-0.2, -0.15) is 0 Å². The highest BCUT2D eigenvalue weighted by atomic mass is 35.5. The number of hydrogen-bond donors (Lipinski definition) is 2. The maximum atomic E-state index is 11.9. The Morgan fingerprint density at radius 3 is 2.60 bits per heavy atom. The van der Waals surface area contributed by atoms with Crippen LogP contribution in [0.4, 0.5) is 0 Å². The maximum Gasteiger partial charge on any atom is 0.260 e. The molecular weight excluding hydrogens is 278 g/mol. The van der Waals surface area contributed by atoms with Gasteiger partial charge in [0.1, 0.15) is 5.75 Å². The third-order valence-corrected chi connectivity index (χ3v) is 3.43. The minimum Gasteiger partial charge on any atom is -0.481 e. The number of carbonyl (C=O) groups excluding carboxylic acids is 1. The Balaban J connectivity index is 2.40. The second kappa shape index (κ2) is 8.82. The lowest BCUT2D eigenvalue weighted by Gasteiger charge is -2.18. The molecule has 5 heteroatoms. The van der Waals surface area contributed by atoms with Gasteiger partial charge >= 0.3 is 0 Å².